The van der Waals surface area contributed by atoms with E-state index < -0.39 is 0 Å². The zero-order valence-corrected chi connectivity index (χ0v) is 14.3. The molecule has 1 saturated heterocycles. The number of benzene rings is 1. The first-order valence-electron chi connectivity index (χ1n) is 8.70. The minimum atomic E-state index is -0.0635. The fraction of sp³-hybridized carbons (Fsp3) is 0.500. The number of amides is 1. The van der Waals surface area contributed by atoms with Crippen molar-refractivity contribution in [2.24, 2.45) is 0 Å². The van der Waals surface area contributed by atoms with Crippen LogP contribution in [0, 0.1) is 0 Å². The summed E-state index contributed by atoms with van der Waals surface area (Å²) in [5, 5.41) is 6.98. The zero-order chi connectivity index (χ0) is 17.3. The van der Waals surface area contributed by atoms with Crippen LogP contribution in [-0.2, 0) is 16.0 Å². The van der Waals surface area contributed by atoms with Gasteiger partial charge in [-0.25, -0.2) is 9.67 Å². The molecule has 0 spiro atoms. The SMILES string of the molecule is O=C(NCCCOCC1CCCO1)c1ccc(Cn2cncn2)cc1. The van der Waals surface area contributed by atoms with E-state index in [-0.39, 0.29) is 12.0 Å². The van der Waals surface area contributed by atoms with Gasteiger partial charge in [-0.05, 0) is 37.0 Å². The molecule has 1 fully saturated rings. The standard InChI is InChI=1S/C18H24N4O3/c23-18(20-8-2-9-24-12-17-3-1-10-25-17)16-6-4-15(5-7-16)11-22-14-19-13-21-22/h4-7,13-14,17H,1-3,8-12H2,(H,20,23). The van der Waals surface area contributed by atoms with Gasteiger partial charge in [-0.2, -0.15) is 5.10 Å². The van der Waals surface area contributed by atoms with Crippen LogP contribution >= 0.6 is 0 Å². The second-order valence-corrected chi connectivity index (χ2v) is 6.11. The Kier molecular flexibility index (Phi) is 6.53. The summed E-state index contributed by atoms with van der Waals surface area (Å²) in [6, 6.07) is 7.52. The maximum Gasteiger partial charge on any atom is 0.251 e. The summed E-state index contributed by atoms with van der Waals surface area (Å²) in [6.07, 6.45) is 6.44. The fourth-order valence-electron chi connectivity index (χ4n) is 2.73. The van der Waals surface area contributed by atoms with Crippen molar-refractivity contribution in [2.75, 3.05) is 26.4 Å². The molecule has 0 aliphatic carbocycles. The van der Waals surface area contributed by atoms with Crippen LogP contribution in [0.3, 0.4) is 0 Å². The van der Waals surface area contributed by atoms with Gasteiger partial charge in [0.25, 0.3) is 5.91 Å². The number of hydrogen-bond donors (Lipinski definition) is 1. The molecule has 7 nitrogen and oxygen atoms in total. The van der Waals surface area contributed by atoms with Gasteiger partial charge < -0.3 is 14.8 Å². The second kappa shape index (κ2) is 9.29. The van der Waals surface area contributed by atoms with Crippen molar-refractivity contribution in [2.45, 2.75) is 31.9 Å². The van der Waals surface area contributed by atoms with Crippen LogP contribution in [-0.4, -0.2) is 53.1 Å². The molecule has 1 aliphatic heterocycles. The summed E-state index contributed by atoms with van der Waals surface area (Å²) in [7, 11) is 0. The molecule has 2 aromatic rings. The Morgan fingerprint density at radius 2 is 2.24 bits per heavy atom. The molecular formula is C18H24N4O3. The van der Waals surface area contributed by atoms with Crippen molar-refractivity contribution in [3.63, 3.8) is 0 Å². The highest BCUT2D eigenvalue weighted by Gasteiger charge is 2.14. The van der Waals surface area contributed by atoms with Gasteiger partial charge in [-0.3, -0.25) is 4.79 Å². The third kappa shape index (κ3) is 5.65. The van der Waals surface area contributed by atoms with Crippen molar-refractivity contribution in [1.29, 1.82) is 0 Å². The molecule has 1 atom stereocenters. The van der Waals surface area contributed by atoms with E-state index in [4.69, 9.17) is 9.47 Å². The Labute approximate surface area is 147 Å². The first-order chi connectivity index (χ1) is 12.3. The number of nitrogens with zero attached hydrogens (tertiary/aromatic N) is 3. The first-order valence-corrected chi connectivity index (χ1v) is 8.70. The van der Waals surface area contributed by atoms with Crippen LogP contribution in [0.2, 0.25) is 0 Å². The molecule has 1 amide bonds. The molecule has 1 aromatic carbocycles. The van der Waals surface area contributed by atoms with Crippen LogP contribution in [0.5, 0.6) is 0 Å². The molecule has 1 aromatic heterocycles. The maximum absolute atomic E-state index is 12.1. The predicted molar refractivity (Wildman–Crippen MR) is 92.3 cm³/mol. The number of nitrogens with one attached hydrogen (secondary N) is 1. The average Bonchev–Trinajstić information content (AvgIpc) is 3.32. The third-order valence-electron chi connectivity index (χ3n) is 4.11. The molecule has 3 rings (SSSR count). The number of rotatable bonds is 9. The summed E-state index contributed by atoms with van der Waals surface area (Å²) >= 11 is 0. The lowest BCUT2D eigenvalue weighted by atomic mass is 10.1. The van der Waals surface area contributed by atoms with Crippen molar-refractivity contribution in [3.05, 3.63) is 48.0 Å². The molecule has 2 heterocycles. The van der Waals surface area contributed by atoms with Gasteiger partial charge in [-0.15, -0.1) is 0 Å². The van der Waals surface area contributed by atoms with Crippen LogP contribution in [0.25, 0.3) is 0 Å². The highest BCUT2D eigenvalue weighted by molar-refractivity contribution is 5.94. The molecule has 1 N–H and O–H groups in total. The monoisotopic (exact) mass is 344 g/mol. The van der Waals surface area contributed by atoms with Crippen molar-refractivity contribution in [3.8, 4) is 0 Å². The summed E-state index contributed by atoms with van der Waals surface area (Å²) in [5.41, 5.74) is 1.73. The van der Waals surface area contributed by atoms with E-state index in [0.717, 1.165) is 31.4 Å². The fourth-order valence-corrected chi connectivity index (χ4v) is 2.73. The van der Waals surface area contributed by atoms with E-state index in [1.165, 1.54) is 6.33 Å². The average molecular weight is 344 g/mol. The maximum atomic E-state index is 12.1. The number of ether oxygens (including phenoxy) is 2. The van der Waals surface area contributed by atoms with E-state index in [1.54, 1.807) is 11.0 Å². The summed E-state index contributed by atoms with van der Waals surface area (Å²) in [6.45, 7) is 3.38. The molecule has 134 valence electrons. The number of carbonyl (C=O) groups is 1. The van der Waals surface area contributed by atoms with Crippen molar-refractivity contribution >= 4 is 5.91 Å². The Morgan fingerprint density at radius 1 is 1.36 bits per heavy atom. The smallest absolute Gasteiger partial charge is 0.251 e. The lowest BCUT2D eigenvalue weighted by molar-refractivity contribution is 0.0166. The summed E-state index contributed by atoms with van der Waals surface area (Å²) in [4.78, 5) is 16.0. The van der Waals surface area contributed by atoms with E-state index >= 15 is 0 Å². The minimum Gasteiger partial charge on any atom is -0.379 e. The van der Waals surface area contributed by atoms with Gasteiger partial charge in [0.05, 0.1) is 19.3 Å². The lowest BCUT2D eigenvalue weighted by Gasteiger charge is -2.10. The van der Waals surface area contributed by atoms with Gasteiger partial charge in [0.2, 0.25) is 0 Å². The molecular weight excluding hydrogens is 320 g/mol. The molecule has 1 unspecified atom stereocenters. The van der Waals surface area contributed by atoms with Crippen molar-refractivity contribution in [1.82, 2.24) is 20.1 Å². The molecule has 1 aliphatic rings. The van der Waals surface area contributed by atoms with Crippen LogP contribution in [0.4, 0.5) is 0 Å². The van der Waals surface area contributed by atoms with E-state index in [2.05, 4.69) is 15.4 Å². The normalized spacial score (nSPS) is 16.9. The zero-order valence-electron chi connectivity index (χ0n) is 14.3. The molecule has 0 radical (unpaired) electrons. The Balaban J connectivity index is 1.32. The van der Waals surface area contributed by atoms with Crippen LogP contribution in [0.1, 0.15) is 35.2 Å². The Bertz CT molecular complexity index is 637. The van der Waals surface area contributed by atoms with Crippen molar-refractivity contribution < 1.29 is 14.3 Å². The molecule has 0 bridgehead atoms. The summed E-state index contributed by atoms with van der Waals surface area (Å²) in [5.74, 6) is -0.0635. The van der Waals surface area contributed by atoms with Gasteiger partial charge in [0, 0.05) is 25.3 Å². The number of carbonyl (C=O) groups excluding carboxylic acids is 1. The van der Waals surface area contributed by atoms with Crippen LogP contribution in [0.15, 0.2) is 36.9 Å². The highest BCUT2D eigenvalue weighted by Crippen LogP contribution is 2.11. The predicted octanol–water partition coefficient (Wildman–Crippen LogP) is 1.64. The second-order valence-electron chi connectivity index (χ2n) is 6.11. The third-order valence-corrected chi connectivity index (χ3v) is 4.11. The topological polar surface area (TPSA) is 78.3 Å². The Morgan fingerprint density at radius 3 is 2.96 bits per heavy atom. The van der Waals surface area contributed by atoms with Gasteiger partial charge in [0.1, 0.15) is 12.7 Å². The first kappa shape index (κ1) is 17.6. The number of aromatic nitrogens is 3. The van der Waals surface area contributed by atoms with E-state index in [0.29, 0.717) is 31.9 Å². The van der Waals surface area contributed by atoms with Gasteiger partial charge in [-0.1, -0.05) is 12.1 Å². The van der Waals surface area contributed by atoms with Gasteiger partial charge >= 0.3 is 0 Å². The molecule has 25 heavy (non-hydrogen) atoms. The molecule has 7 heteroatoms. The quantitative estimate of drug-likeness (QED) is 0.700. The highest BCUT2D eigenvalue weighted by atomic mass is 16.5. The van der Waals surface area contributed by atoms with Gasteiger partial charge in [0.15, 0.2) is 0 Å². The van der Waals surface area contributed by atoms with E-state index in [1.807, 2.05) is 24.3 Å². The summed E-state index contributed by atoms with van der Waals surface area (Å²) < 4.78 is 12.8. The van der Waals surface area contributed by atoms with E-state index in [9.17, 15) is 4.79 Å². The van der Waals surface area contributed by atoms with Crippen LogP contribution < -0.4 is 5.32 Å². The molecule has 0 saturated carbocycles. The Hall–Kier alpha value is -2.25. The largest absolute Gasteiger partial charge is 0.379 e. The lowest BCUT2D eigenvalue weighted by Crippen LogP contribution is -2.25. The minimum absolute atomic E-state index is 0.0635. The number of hydrogen-bond acceptors (Lipinski definition) is 5.